The van der Waals surface area contributed by atoms with Crippen molar-refractivity contribution in [1.29, 1.82) is 0 Å². The van der Waals surface area contributed by atoms with E-state index in [0.717, 1.165) is 43.4 Å². The van der Waals surface area contributed by atoms with Gasteiger partial charge < -0.3 is 15.0 Å². The second kappa shape index (κ2) is 8.68. The zero-order valence-electron chi connectivity index (χ0n) is 16.9. The van der Waals surface area contributed by atoms with Gasteiger partial charge in [0.25, 0.3) is 11.8 Å². The fraction of sp³-hybridized carbons (Fsp3) is 0.417. The van der Waals surface area contributed by atoms with Crippen molar-refractivity contribution < 1.29 is 14.3 Å². The number of carbonyl (C=O) groups excluding carboxylic acids is 2. The molecule has 4 rings (SSSR count). The number of hydrogen-bond acceptors (Lipinski definition) is 3. The van der Waals surface area contributed by atoms with Gasteiger partial charge in [0.05, 0.1) is 6.61 Å². The van der Waals surface area contributed by atoms with Crippen LogP contribution >= 0.6 is 0 Å². The molecule has 1 aliphatic heterocycles. The molecule has 2 amide bonds. The van der Waals surface area contributed by atoms with Crippen molar-refractivity contribution in [3.05, 3.63) is 65.2 Å². The van der Waals surface area contributed by atoms with Crippen LogP contribution in [0.4, 0.5) is 0 Å². The van der Waals surface area contributed by atoms with Crippen LogP contribution in [-0.2, 0) is 0 Å². The van der Waals surface area contributed by atoms with Crippen molar-refractivity contribution in [2.45, 2.75) is 38.6 Å². The average Bonchev–Trinajstić information content (AvgIpc) is 3.57. The van der Waals surface area contributed by atoms with E-state index in [1.807, 2.05) is 54.3 Å². The Bertz CT molecular complexity index is 874. The first-order valence-corrected chi connectivity index (χ1v) is 10.5. The van der Waals surface area contributed by atoms with Crippen molar-refractivity contribution in [2.75, 3.05) is 19.7 Å². The quantitative estimate of drug-likeness (QED) is 0.813. The SMILES string of the molecule is Cc1ccc(C(=O)N2CCC[C@H](COc3cccc(C(=O)NC4CC4)c3)C2)cc1. The third-order valence-corrected chi connectivity index (χ3v) is 5.60. The first-order chi connectivity index (χ1) is 14.1. The third-order valence-electron chi connectivity index (χ3n) is 5.60. The topological polar surface area (TPSA) is 58.6 Å². The number of carbonyl (C=O) groups is 2. The van der Waals surface area contributed by atoms with Crippen molar-refractivity contribution in [1.82, 2.24) is 10.2 Å². The summed E-state index contributed by atoms with van der Waals surface area (Å²) in [5, 5.41) is 3.00. The van der Waals surface area contributed by atoms with E-state index in [1.165, 1.54) is 0 Å². The number of amides is 2. The summed E-state index contributed by atoms with van der Waals surface area (Å²) >= 11 is 0. The Hall–Kier alpha value is -2.82. The molecule has 5 nitrogen and oxygen atoms in total. The number of nitrogens with one attached hydrogen (secondary N) is 1. The summed E-state index contributed by atoms with van der Waals surface area (Å²) in [6.45, 7) is 4.06. The number of ether oxygens (including phenoxy) is 1. The van der Waals surface area contributed by atoms with Gasteiger partial charge in [-0.1, -0.05) is 23.8 Å². The Morgan fingerprint density at radius 1 is 1.07 bits per heavy atom. The maximum Gasteiger partial charge on any atom is 0.253 e. The van der Waals surface area contributed by atoms with Gasteiger partial charge in [-0.15, -0.1) is 0 Å². The molecule has 2 aromatic carbocycles. The first kappa shape index (κ1) is 19.5. The van der Waals surface area contributed by atoms with E-state index in [-0.39, 0.29) is 11.8 Å². The molecule has 2 aromatic rings. The molecule has 5 heteroatoms. The van der Waals surface area contributed by atoms with Gasteiger partial charge in [0, 0.05) is 36.2 Å². The Morgan fingerprint density at radius 2 is 1.86 bits per heavy atom. The van der Waals surface area contributed by atoms with Gasteiger partial charge in [0.1, 0.15) is 5.75 Å². The van der Waals surface area contributed by atoms with Crippen molar-refractivity contribution >= 4 is 11.8 Å². The number of hydrogen-bond donors (Lipinski definition) is 1. The van der Waals surface area contributed by atoms with E-state index >= 15 is 0 Å². The number of piperidine rings is 1. The van der Waals surface area contributed by atoms with Gasteiger partial charge in [0.2, 0.25) is 0 Å². The fourth-order valence-corrected chi connectivity index (χ4v) is 3.70. The Morgan fingerprint density at radius 3 is 2.62 bits per heavy atom. The standard InChI is InChI=1S/C24H28N2O3/c1-17-7-9-19(10-8-17)24(28)26-13-3-4-18(15-26)16-29-22-6-2-5-20(14-22)23(27)25-21-11-12-21/h2,5-10,14,18,21H,3-4,11-13,15-16H2,1H3,(H,25,27)/t18-/m0/s1. The highest BCUT2D eigenvalue weighted by atomic mass is 16.5. The lowest BCUT2D eigenvalue weighted by Gasteiger charge is -2.32. The van der Waals surface area contributed by atoms with Crippen LogP contribution in [0.2, 0.25) is 0 Å². The highest BCUT2D eigenvalue weighted by Gasteiger charge is 2.26. The van der Waals surface area contributed by atoms with Crippen LogP contribution in [0, 0.1) is 12.8 Å². The number of nitrogens with zero attached hydrogens (tertiary/aromatic N) is 1. The van der Waals surface area contributed by atoms with Crippen molar-refractivity contribution in [3.63, 3.8) is 0 Å². The van der Waals surface area contributed by atoms with Gasteiger partial charge in [-0.25, -0.2) is 0 Å². The Labute approximate surface area is 172 Å². The molecule has 2 fully saturated rings. The maximum absolute atomic E-state index is 12.8. The second-order valence-electron chi connectivity index (χ2n) is 8.21. The summed E-state index contributed by atoms with van der Waals surface area (Å²) in [6.07, 6.45) is 4.16. The molecule has 1 aliphatic carbocycles. The molecule has 2 aliphatic rings. The maximum atomic E-state index is 12.8. The lowest BCUT2D eigenvalue weighted by atomic mass is 9.98. The molecular formula is C24H28N2O3. The van der Waals surface area contributed by atoms with E-state index in [4.69, 9.17) is 4.74 Å². The predicted octanol–water partition coefficient (Wildman–Crippen LogP) is 3.82. The molecule has 0 spiro atoms. The van der Waals surface area contributed by atoms with Gasteiger partial charge in [-0.2, -0.15) is 0 Å². The van der Waals surface area contributed by atoms with Crippen LogP contribution in [0.15, 0.2) is 48.5 Å². The average molecular weight is 392 g/mol. The van der Waals surface area contributed by atoms with Crippen LogP contribution in [0.1, 0.15) is 52.0 Å². The highest BCUT2D eigenvalue weighted by molar-refractivity contribution is 5.95. The van der Waals surface area contributed by atoms with E-state index in [1.54, 1.807) is 6.07 Å². The summed E-state index contributed by atoms with van der Waals surface area (Å²) in [5.74, 6) is 1.05. The van der Waals surface area contributed by atoms with Gasteiger partial charge in [-0.05, 0) is 62.9 Å². The van der Waals surface area contributed by atoms with Crippen LogP contribution in [0.25, 0.3) is 0 Å². The molecule has 29 heavy (non-hydrogen) atoms. The van der Waals surface area contributed by atoms with Crippen molar-refractivity contribution in [3.8, 4) is 5.75 Å². The minimum atomic E-state index is -0.0366. The van der Waals surface area contributed by atoms with Gasteiger partial charge in [0.15, 0.2) is 0 Å². The van der Waals surface area contributed by atoms with Crippen LogP contribution in [0.3, 0.4) is 0 Å². The lowest BCUT2D eigenvalue weighted by molar-refractivity contribution is 0.0633. The second-order valence-corrected chi connectivity index (χ2v) is 8.21. The Balaban J connectivity index is 1.32. The zero-order chi connectivity index (χ0) is 20.2. The molecule has 1 N–H and O–H groups in total. The monoisotopic (exact) mass is 392 g/mol. The van der Waals surface area contributed by atoms with Crippen LogP contribution in [-0.4, -0.2) is 42.5 Å². The van der Waals surface area contributed by atoms with E-state index < -0.39 is 0 Å². The summed E-state index contributed by atoms with van der Waals surface area (Å²) in [6, 6.07) is 15.4. The first-order valence-electron chi connectivity index (χ1n) is 10.5. The summed E-state index contributed by atoms with van der Waals surface area (Å²) < 4.78 is 5.99. The zero-order valence-corrected chi connectivity index (χ0v) is 16.9. The predicted molar refractivity (Wildman–Crippen MR) is 112 cm³/mol. The van der Waals surface area contributed by atoms with E-state index in [9.17, 15) is 9.59 Å². The molecular weight excluding hydrogens is 364 g/mol. The molecule has 0 unspecified atom stereocenters. The molecule has 1 saturated heterocycles. The molecule has 0 bridgehead atoms. The van der Waals surface area contributed by atoms with E-state index in [0.29, 0.717) is 36.4 Å². The number of benzene rings is 2. The molecule has 1 saturated carbocycles. The molecule has 1 atom stereocenters. The number of rotatable bonds is 6. The normalized spacial score (nSPS) is 18.9. The summed E-state index contributed by atoms with van der Waals surface area (Å²) in [5.41, 5.74) is 2.53. The summed E-state index contributed by atoms with van der Waals surface area (Å²) in [7, 11) is 0. The van der Waals surface area contributed by atoms with Crippen LogP contribution in [0.5, 0.6) is 5.75 Å². The molecule has 0 aromatic heterocycles. The smallest absolute Gasteiger partial charge is 0.253 e. The molecule has 152 valence electrons. The minimum absolute atomic E-state index is 0.0366. The molecule has 1 heterocycles. The fourth-order valence-electron chi connectivity index (χ4n) is 3.70. The lowest BCUT2D eigenvalue weighted by Crippen LogP contribution is -2.41. The largest absolute Gasteiger partial charge is 0.493 e. The van der Waals surface area contributed by atoms with Gasteiger partial charge in [-0.3, -0.25) is 9.59 Å². The number of likely N-dealkylation sites (tertiary alicyclic amines) is 1. The number of aryl methyl sites for hydroxylation is 1. The Kier molecular flexibility index (Phi) is 5.84. The summed E-state index contributed by atoms with van der Waals surface area (Å²) in [4.78, 5) is 26.9. The highest BCUT2D eigenvalue weighted by Crippen LogP contribution is 2.23. The van der Waals surface area contributed by atoms with Crippen molar-refractivity contribution in [2.24, 2.45) is 5.92 Å². The van der Waals surface area contributed by atoms with Crippen LogP contribution < -0.4 is 10.1 Å². The minimum Gasteiger partial charge on any atom is -0.493 e. The van der Waals surface area contributed by atoms with Gasteiger partial charge >= 0.3 is 0 Å². The molecule has 0 radical (unpaired) electrons. The third kappa shape index (κ3) is 5.17. The van der Waals surface area contributed by atoms with E-state index in [2.05, 4.69) is 5.32 Å².